The number of rotatable bonds is 14. The SMILES string of the molecule is C[C@H](NC(=O)[C@@H](N)CCCCN)C(=O)N[C@H](C(=O)N[C@@H](Cc1ccccc1)C(=O)O)[C@@H](C)O. The predicted molar refractivity (Wildman–Crippen MR) is 122 cm³/mol. The summed E-state index contributed by atoms with van der Waals surface area (Å²) in [6.07, 6.45) is 0.514. The van der Waals surface area contributed by atoms with E-state index in [0.29, 0.717) is 24.9 Å². The molecule has 0 saturated heterocycles. The lowest BCUT2D eigenvalue weighted by molar-refractivity contribution is -0.143. The molecule has 0 aromatic heterocycles. The van der Waals surface area contributed by atoms with Crippen molar-refractivity contribution in [2.45, 2.75) is 69.8 Å². The van der Waals surface area contributed by atoms with Crippen molar-refractivity contribution in [1.82, 2.24) is 16.0 Å². The van der Waals surface area contributed by atoms with Gasteiger partial charge in [0.15, 0.2) is 0 Å². The molecular formula is C22H35N5O6. The van der Waals surface area contributed by atoms with Crippen LogP contribution in [0.5, 0.6) is 0 Å². The van der Waals surface area contributed by atoms with Crippen LogP contribution in [0.25, 0.3) is 0 Å². The van der Waals surface area contributed by atoms with Crippen molar-refractivity contribution in [2.24, 2.45) is 11.5 Å². The maximum Gasteiger partial charge on any atom is 0.326 e. The number of unbranched alkanes of at least 4 members (excludes halogenated alkanes) is 1. The van der Waals surface area contributed by atoms with Crippen LogP contribution in [-0.2, 0) is 25.6 Å². The number of carboxylic acid groups (broad SMARTS) is 1. The minimum absolute atomic E-state index is 0.0247. The summed E-state index contributed by atoms with van der Waals surface area (Å²) in [5, 5.41) is 26.6. The summed E-state index contributed by atoms with van der Waals surface area (Å²) in [5.41, 5.74) is 11.9. The number of hydrogen-bond acceptors (Lipinski definition) is 7. The van der Waals surface area contributed by atoms with Gasteiger partial charge in [0.1, 0.15) is 18.1 Å². The quantitative estimate of drug-likeness (QED) is 0.163. The Bertz CT molecular complexity index is 789. The number of carbonyl (C=O) groups is 4. The lowest BCUT2D eigenvalue weighted by atomic mass is 10.0. The molecule has 0 heterocycles. The zero-order valence-electron chi connectivity index (χ0n) is 19.0. The first-order valence-corrected chi connectivity index (χ1v) is 10.9. The number of benzene rings is 1. The Morgan fingerprint density at radius 1 is 0.939 bits per heavy atom. The number of aliphatic carboxylic acids is 1. The largest absolute Gasteiger partial charge is 0.480 e. The molecule has 0 saturated carbocycles. The molecule has 1 rings (SSSR count). The third-order valence-electron chi connectivity index (χ3n) is 5.02. The molecule has 0 bridgehead atoms. The van der Waals surface area contributed by atoms with Gasteiger partial charge in [-0.1, -0.05) is 36.8 Å². The van der Waals surface area contributed by atoms with Gasteiger partial charge in [-0.25, -0.2) is 4.79 Å². The molecule has 11 nitrogen and oxygen atoms in total. The minimum atomic E-state index is -1.42. The molecule has 184 valence electrons. The fourth-order valence-electron chi connectivity index (χ4n) is 3.02. The van der Waals surface area contributed by atoms with Crippen LogP contribution >= 0.6 is 0 Å². The third-order valence-corrected chi connectivity index (χ3v) is 5.02. The second-order valence-electron chi connectivity index (χ2n) is 7.94. The van der Waals surface area contributed by atoms with Gasteiger partial charge >= 0.3 is 5.97 Å². The van der Waals surface area contributed by atoms with Crippen molar-refractivity contribution < 1.29 is 29.4 Å². The van der Waals surface area contributed by atoms with Crippen LogP contribution in [0.4, 0.5) is 0 Å². The van der Waals surface area contributed by atoms with E-state index in [9.17, 15) is 29.4 Å². The van der Waals surface area contributed by atoms with E-state index < -0.39 is 54.0 Å². The summed E-state index contributed by atoms with van der Waals surface area (Å²) in [5.74, 6) is -3.37. The van der Waals surface area contributed by atoms with Crippen molar-refractivity contribution in [3.05, 3.63) is 35.9 Å². The minimum Gasteiger partial charge on any atom is -0.480 e. The highest BCUT2D eigenvalue weighted by atomic mass is 16.4. The smallest absolute Gasteiger partial charge is 0.326 e. The molecule has 0 spiro atoms. The zero-order valence-corrected chi connectivity index (χ0v) is 19.0. The summed E-state index contributed by atoms with van der Waals surface area (Å²) in [6.45, 7) is 3.18. The number of carbonyl (C=O) groups excluding carboxylic acids is 3. The van der Waals surface area contributed by atoms with Gasteiger partial charge in [-0.3, -0.25) is 14.4 Å². The van der Waals surface area contributed by atoms with Crippen molar-refractivity contribution in [2.75, 3.05) is 6.54 Å². The molecule has 3 amide bonds. The van der Waals surface area contributed by atoms with Gasteiger partial charge in [0.05, 0.1) is 12.1 Å². The molecule has 0 unspecified atom stereocenters. The summed E-state index contributed by atoms with van der Waals surface area (Å²) in [7, 11) is 0. The van der Waals surface area contributed by atoms with Gasteiger partial charge in [0.25, 0.3) is 0 Å². The number of aliphatic hydroxyl groups is 1. The Hall–Kier alpha value is -3.02. The summed E-state index contributed by atoms with van der Waals surface area (Å²) in [4.78, 5) is 48.9. The second-order valence-corrected chi connectivity index (χ2v) is 7.94. The highest BCUT2D eigenvalue weighted by molar-refractivity contribution is 5.94. The van der Waals surface area contributed by atoms with Gasteiger partial charge in [-0.2, -0.15) is 0 Å². The third kappa shape index (κ3) is 9.98. The van der Waals surface area contributed by atoms with Crippen molar-refractivity contribution in [1.29, 1.82) is 0 Å². The van der Waals surface area contributed by atoms with E-state index in [1.807, 2.05) is 0 Å². The highest BCUT2D eigenvalue weighted by Gasteiger charge is 2.31. The number of amides is 3. The van der Waals surface area contributed by atoms with Crippen LogP contribution < -0.4 is 27.4 Å². The van der Waals surface area contributed by atoms with E-state index in [-0.39, 0.29) is 6.42 Å². The lowest BCUT2D eigenvalue weighted by Gasteiger charge is -2.25. The van der Waals surface area contributed by atoms with E-state index in [2.05, 4.69) is 16.0 Å². The molecule has 1 aromatic carbocycles. The fourth-order valence-corrected chi connectivity index (χ4v) is 3.02. The Morgan fingerprint density at radius 3 is 2.12 bits per heavy atom. The van der Waals surface area contributed by atoms with E-state index >= 15 is 0 Å². The van der Waals surface area contributed by atoms with Crippen LogP contribution in [0.3, 0.4) is 0 Å². The topological polar surface area (TPSA) is 197 Å². The molecule has 33 heavy (non-hydrogen) atoms. The molecule has 0 radical (unpaired) electrons. The van der Waals surface area contributed by atoms with Gasteiger partial charge in [0.2, 0.25) is 17.7 Å². The molecule has 0 aliphatic carbocycles. The molecule has 11 heteroatoms. The van der Waals surface area contributed by atoms with Gasteiger partial charge in [-0.15, -0.1) is 0 Å². The number of carboxylic acids is 1. The van der Waals surface area contributed by atoms with E-state index in [4.69, 9.17) is 11.5 Å². The first kappa shape index (κ1) is 28.0. The Balaban J connectivity index is 2.72. The normalized spacial score (nSPS) is 15.4. The summed E-state index contributed by atoms with van der Waals surface area (Å²) >= 11 is 0. The van der Waals surface area contributed by atoms with Gasteiger partial charge < -0.3 is 37.6 Å². The van der Waals surface area contributed by atoms with Gasteiger partial charge in [0, 0.05) is 6.42 Å². The summed E-state index contributed by atoms with van der Waals surface area (Å²) < 4.78 is 0. The number of nitrogens with one attached hydrogen (secondary N) is 3. The van der Waals surface area contributed by atoms with Crippen molar-refractivity contribution in [3.63, 3.8) is 0 Å². The molecule has 1 aromatic rings. The number of nitrogens with two attached hydrogens (primary N) is 2. The Morgan fingerprint density at radius 2 is 1.58 bits per heavy atom. The first-order chi connectivity index (χ1) is 15.6. The fraction of sp³-hybridized carbons (Fsp3) is 0.545. The molecule has 0 aliphatic heterocycles. The molecule has 9 N–H and O–H groups in total. The van der Waals surface area contributed by atoms with E-state index in [1.165, 1.54) is 13.8 Å². The van der Waals surface area contributed by atoms with E-state index in [0.717, 1.165) is 6.42 Å². The average molecular weight is 466 g/mol. The Kier molecular flexibility index (Phi) is 12.0. The molecule has 0 aliphatic rings. The first-order valence-electron chi connectivity index (χ1n) is 10.9. The average Bonchev–Trinajstić information content (AvgIpc) is 2.76. The van der Waals surface area contributed by atoms with Crippen LogP contribution in [0.15, 0.2) is 30.3 Å². The van der Waals surface area contributed by atoms with Crippen LogP contribution in [0, 0.1) is 0 Å². The van der Waals surface area contributed by atoms with Gasteiger partial charge in [-0.05, 0) is 38.8 Å². The standard InChI is InChI=1S/C22H35N5O6/c1-13(25-20(30)16(24)10-6-7-11-23)19(29)27-18(14(2)28)21(31)26-17(22(32)33)12-15-8-4-3-5-9-15/h3-5,8-9,13-14,16-18,28H,6-7,10-12,23-24H2,1-2H3,(H,25,30)(H,26,31)(H,27,29)(H,32,33)/t13-,14+,16-,17-,18-/m0/s1. The molecular weight excluding hydrogens is 430 g/mol. The van der Waals surface area contributed by atoms with Crippen LogP contribution in [-0.4, -0.2) is 70.7 Å². The van der Waals surface area contributed by atoms with Crippen LogP contribution in [0.2, 0.25) is 0 Å². The maximum absolute atomic E-state index is 12.7. The monoisotopic (exact) mass is 465 g/mol. The van der Waals surface area contributed by atoms with E-state index in [1.54, 1.807) is 30.3 Å². The lowest BCUT2D eigenvalue weighted by Crippen LogP contribution is -2.59. The predicted octanol–water partition coefficient (Wildman–Crippen LogP) is -1.37. The van der Waals surface area contributed by atoms with Crippen molar-refractivity contribution in [3.8, 4) is 0 Å². The number of hydrogen-bond donors (Lipinski definition) is 7. The highest BCUT2D eigenvalue weighted by Crippen LogP contribution is 2.05. The summed E-state index contributed by atoms with van der Waals surface area (Å²) in [6, 6.07) is 4.19. The Labute approximate surface area is 193 Å². The molecule has 5 atom stereocenters. The zero-order chi connectivity index (χ0) is 25.0. The second kappa shape index (κ2) is 14.2. The maximum atomic E-state index is 12.7. The van der Waals surface area contributed by atoms with Crippen molar-refractivity contribution >= 4 is 23.7 Å². The number of aliphatic hydroxyl groups excluding tert-OH is 1. The molecule has 0 fully saturated rings. The van der Waals surface area contributed by atoms with Crippen LogP contribution in [0.1, 0.15) is 38.7 Å².